The van der Waals surface area contributed by atoms with E-state index in [0.717, 1.165) is 22.1 Å². The molecule has 0 aliphatic rings. The van der Waals surface area contributed by atoms with Crippen LogP contribution in [0.2, 0.25) is 0 Å². The minimum atomic E-state index is 0.0772. The Bertz CT molecular complexity index is 681. The SMILES string of the molecule is COc1cccc2cccc(C=C(C#N)C#N)c12. The number of fused-ring (bicyclic) bond motifs is 1. The monoisotopic (exact) mass is 234 g/mol. The fraction of sp³-hybridized carbons (Fsp3) is 0.0667. The summed E-state index contributed by atoms with van der Waals surface area (Å²) in [7, 11) is 1.60. The molecule has 0 aliphatic carbocycles. The molecule has 0 unspecified atom stereocenters. The predicted octanol–water partition coefficient (Wildman–Crippen LogP) is 3.28. The van der Waals surface area contributed by atoms with E-state index in [1.165, 1.54) is 0 Å². The van der Waals surface area contributed by atoms with Crippen molar-refractivity contribution in [2.75, 3.05) is 7.11 Å². The lowest BCUT2D eigenvalue weighted by Crippen LogP contribution is -1.87. The molecule has 0 fully saturated rings. The number of rotatable bonds is 2. The number of nitriles is 2. The van der Waals surface area contributed by atoms with Crippen molar-refractivity contribution in [1.29, 1.82) is 10.5 Å². The molecule has 0 spiro atoms. The van der Waals surface area contributed by atoms with E-state index in [-0.39, 0.29) is 5.57 Å². The highest BCUT2D eigenvalue weighted by Crippen LogP contribution is 2.29. The number of allylic oxidation sites excluding steroid dienone is 1. The molecule has 86 valence electrons. The van der Waals surface area contributed by atoms with Gasteiger partial charge in [0.1, 0.15) is 23.5 Å². The lowest BCUT2D eigenvalue weighted by Gasteiger charge is -2.07. The lowest BCUT2D eigenvalue weighted by molar-refractivity contribution is 0.420. The van der Waals surface area contributed by atoms with Gasteiger partial charge >= 0.3 is 0 Å². The largest absolute Gasteiger partial charge is 0.496 e. The second-order valence-corrected chi connectivity index (χ2v) is 3.69. The van der Waals surface area contributed by atoms with Crippen LogP contribution in [0.5, 0.6) is 5.75 Å². The van der Waals surface area contributed by atoms with E-state index in [1.54, 1.807) is 13.2 Å². The third-order valence-corrected chi connectivity index (χ3v) is 2.66. The summed E-state index contributed by atoms with van der Waals surface area (Å²) in [6.45, 7) is 0. The van der Waals surface area contributed by atoms with Crippen LogP contribution in [0.25, 0.3) is 16.8 Å². The first-order valence-electron chi connectivity index (χ1n) is 5.37. The molecule has 0 N–H and O–H groups in total. The third-order valence-electron chi connectivity index (χ3n) is 2.66. The summed E-state index contributed by atoms with van der Waals surface area (Å²) in [5.74, 6) is 0.731. The summed E-state index contributed by atoms with van der Waals surface area (Å²) < 4.78 is 5.32. The van der Waals surface area contributed by atoms with Crippen LogP contribution in [0, 0.1) is 22.7 Å². The Balaban J connectivity index is 2.77. The zero-order chi connectivity index (χ0) is 13.0. The van der Waals surface area contributed by atoms with Gasteiger partial charge in [0.15, 0.2) is 0 Å². The second-order valence-electron chi connectivity index (χ2n) is 3.69. The molecule has 18 heavy (non-hydrogen) atoms. The Morgan fingerprint density at radius 3 is 2.39 bits per heavy atom. The van der Waals surface area contributed by atoms with E-state index in [0.29, 0.717) is 0 Å². The van der Waals surface area contributed by atoms with Crippen molar-refractivity contribution < 1.29 is 4.74 Å². The van der Waals surface area contributed by atoms with Gasteiger partial charge in [0.2, 0.25) is 0 Å². The van der Waals surface area contributed by atoms with Crippen molar-refractivity contribution in [3.63, 3.8) is 0 Å². The highest BCUT2D eigenvalue weighted by atomic mass is 16.5. The molecule has 3 heteroatoms. The molecule has 0 heterocycles. The number of methoxy groups -OCH3 is 1. The van der Waals surface area contributed by atoms with Crippen molar-refractivity contribution in [2.24, 2.45) is 0 Å². The van der Waals surface area contributed by atoms with Crippen LogP contribution < -0.4 is 4.74 Å². The first-order chi connectivity index (χ1) is 8.80. The average Bonchev–Trinajstić information content (AvgIpc) is 2.44. The predicted molar refractivity (Wildman–Crippen MR) is 69.7 cm³/mol. The van der Waals surface area contributed by atoms with Gasteiger partial charge in [-0.2, -0.15) is 10.5 Å². The van der Waals surface area contributed by atoms with Crippen molar-refractivity contribution in [2.45, 2.75) is 0 Å². The summed E-state index contributed by atoms with van der Waals surface area (Å²) in [5.41, 5.74) is 0.886. The second kappa shape index (κ2) is 5.03. The third kappa shape index (κ3) is 2.03. The average molecular weight is 234 g/mol. The topological polar surface area (TPSA) is 56.8 Å². The van der Waals surface area contributed by atoms with Gasteiger partial charge in [0.05, 0.1) is 7.11 Å². The minimum absolute atomic E-state index is 0.0772. The molecule has 0 saturated carbocycles. The molecule has 2 aromatic rings. The number of benzene rings is 2. The Hall–Kier alpha value is -2.78. The number of ether oxygens (including phenoxy) is 1. The zero-order valence-electron chi connectivity index (χ0n) is 9.84. The highest BCUT2D eigenvalue weighted by Gasteiger charge is 2.05. The molecule has 2 rings (SSSR count). The van der Waals surface area contributed by atoms with Crippen molar-refractivity contribution >= 4 is 16.8 Å². The Kier molecular flexibility index (Phi) is 3.27. The Morgan fingerprint density at radius 1 is 1.11 bits per heavy atom. The molecule has 0 amide bonds. The normalized spacial score (nSPS) is 9.28. The fourth-order valence-electron chi connectivity index (χ4n) is 1.87. The first kappa shape index (κ1) is 11.7. The number of nitrogens with zero attached hydrogens (tertiary/aromatic N) is 2. The standard InChI is InChI=1S/C15H10N2O/c1-18-14-7-3-5-12-4-2-6-13(15(12)14)8-11(9-16)10-17/h2-8H,1H3. The number of hydrogen-bond acceptors (Lipinski definition) is 3. The van der Waals surface area contributed by atoms with Crippen LogP contribution in [0.4, 0.5) is 0 Å². The van der Waals surface area contributed by atoms with Crippen molar-refractivity contribution in [3.8, 4) is 17.9 Å². The van der Waals surface area contributed by atoms with Gasteiger partial charge in [0, 0.05) is 5.39 Å². The van der Waals surface area contributed by atoms with Crippen LogP contribution in [-0.2, 0) is 0 Å². The molecule has 0 bridgehead atoms. The van der Waals surface area contributed by atoms with Gasteiger partial charge in [-0.15, -0.1) is 0 Å². The Labute approximate surface area is 105 Å². The van der Waals surface area contributed by atoms with Crippen molar-refractivity contribution in [1.82, 2.24) is 0 Å². The highest BCUT2D eigenvalue weighted by molar-refractivity contribution is 5.96. The van der Waals surface area contributed by atoms with Crippen LogP contribution in [0.3, 0.4) is 0 Å². The molecule has 0 aliphatic heterocycles. The van der Waals surface area contributed by atoms with Gasteiger partial charge in [0.25, 0.3) is 0 Å². The molecule has 0 saturated heterocycles. The van der Waals surface area contributed by atoms with Crippen LogP contribution in [-0.4, -0.2) is 7.11 Å². The molecule has 3 nitrogen and oxygen atoms in total. The zero-order valence-corrected chi connectivity index (χ0v) is 9.84. The maximum absolute atomic E-state index is 8.81. The van der Waals surface area contributed by atoms with Crippen LogP contribution in [0.1, 0.15) is 5.56 Å². The summed E-state index contributed by atoms with van der Waals surface area (Å²) >= 11 is 0. The van der Waals surface area contributed by atoms with E-state index in [9.17, 15) is 0 Å². The van der Waals surface area contributed by atoms with Gasteiger partial charge in [-0.05, 0) is 23.1 Å². The molecule has 0 radical (unpaired) electrons. The quantitative estimate of drug-likeness (QED) is 0.749. The minimum Gasteiger partial charge on any atom is -0.496 e. The van der Waals surface area contributed by atoms with Crippen molar-refractivity contribution in [3.05, 3.63) is 47.5 Å². The summed E-state index contributed by atoms with van der Waals surface area (Å²) in [6.07, 6.45) is 1.57. The Morgan fingerprint density at radius 2 is 1.78 bits per heavy atom. The van der Waals surface area contributed by atoms with E-state index in [2.05, 4.69) is 0 Å². The number of hydrogen-bond donors (Lipinski definition) is 0. The maximum atomic E-state index is 8.81. The fourth-order valence-corrected chi connectivity index (χ4v) is 1.87. The molecular weight excluding hydrogens is 224 g/mol. The lowest BCUT2D eigenvalue weighted by atomic mass is 10.0. The summed E-state index contributed by atoms with van der Waals surface area (Å²) in [5, 5.41) is 19.5. The van der Waals surface area contributed by atoms with Crippen LogP contribution in [0.15, 0.2) is 42.0 Å². The van der Waals surface area contributed by atoms with E-state index in [4.69, 9.17) is 15.3 Å². The molecule has 0 aromatic heterocycles. The van der Waals surface area contributed by atoms with E-state index >= 15 is 0 Å². The summed E-state index contributed by atoms with van der Waals surface area (Å²) in [6, 6.07) is 15.2. The molecular formula is C15H10N2O. The van der Waals surface area contributed by atoms with E-state index < -0.39 is 0 Å². The molecule has 2 aromatic carbocycles. The summed E-state index contributed by atoms with van der Waals surface area (Å²) in [4.78, 5) is 0. The van der Waals surface area contributed by atoms with Gasteiger partial charge in [-0.1, -0.05) is 30.3 Å². The van der Waals surface area contributed by atoms with E-state index in [1.807, 2.05) is 48.5 Å². The smallest absolute Gasteiger partial charge is 0.130 e. The van der Waals surface area contributed by atoms with Gasteiger partial charge in [-0.3, -0.25) is 0 Å². The molecule has 0 atom stereocenters. The van der Waals surface area contributed by atoms with Crippen LogP contribution >= 0.6 is 0 Å². The maximum Gasteiger partial charge on any atom is 0.130 e. The van der Waals surface area contributed by atoms with Gasteiger partial charge in [-0.25, -0.2) is 0 Å². The van der Waals surface area contributed by atoms with Gasteiger partial charge < -0.3 is 4.74 Å². The first-order valence-corrected chi connectivity index (χ1v) is 5.37.